The SMILES string of the molecule is Cc1cc(C)c(B(c2cc(C3=C(c4cc(B(c5c(C)cc(C)cc5C)c5c(C)cc(C)cc5C)sc4C)CCC3)c(C)s2)c2c(C)cc(C)cc2C)c(C)c1. The second-order valence-electron chi connectivity index (χ2n) is 17.2. The van der Waals surface area contributed by atoms with Crippen molar-refractivity contribution in [1.29, 1.82) is 0 Å². The van der Waals surface area contributed by atoms with E-state index in [9.17, 15) is 0 Å². The summed E-state index contributed by atoms with van der Waals surface area (Å²) in [4.78, 5) is 2.89. The van der Waals surface area contributed by atoms with Crippen LogP contribution in [0.25, 0.3) is 11.1 Å². The highest BCUT2D eigenvalue weighted by atomic mass is 32.1. The van der Waals surface area contributed by atoms with Gasteiger partial charge in [0.05, 0.1) is 0 Å². The van der Waals surface area contributed by atoms with Gasteiger partial charge in [-0.05, 0) is 160 Å². The van der Waals surface area contributed by atoms with Gasteiger partial charge in [0.25, 0.3) is 13.4 Å². The van der Waals surface area contributed by atoms with Gasteiger partial charge in [0.15, 0.2) is 0 Å². The fourth-order valence-corrected chi connectivity index (χ4v) is 13.0. The summed E-state index contributed by atoms with van der Waals surface area (Å²) in [5, 5.41) is 0. The minimum Gasteiger partial charge on any atom is -0.154 e. The van der Waals surface area contributed by atoms with E-state index in [1.807, 2.05) is 22.7 Å². The largest absolute Gasteiger partial charge is 0.255 e. The van der Waals surface area contributed by atoms with Crippen LogP contribution >= 0.6 is 22.7 Å². The van der Waals surface area contributed by atoms with Gasteiger partial charge in [0.2, 0.25) is 0 Å². The van der Waals surface area contributed by atoms with E-state index in [-0.39, 0.29) is 13.4 Å². The smallest absolute Gasteiger partial charge is 0.154 e. The van der Waals surface area contributed by atoms with Gasteiger partial charge in [-0.25, -0.2) is 0 Å². The van der Waals surface area contributed by atoms with Gasteiger partial charge in [-0.3, -0.25) is 0 Å². The summed E-state index contributed by atoms with van der Waals surface area (Å²) >= 11 is 4.05. The molecule has 0 radical (unpaired) electrons. The fraction of sp³-hybridized carbons (Fsp3) is 0.333. The average Bonchev–Trinajstić information content (AvgIpc) is 3.79. The zero-order valence-corrected chi connectivity index (χ0v) is 37.5. The van der Waals surface area contributed by atoms with E-state index in [1.54, 1.807) is 11.1 Å². The lowest BCUT2D eigenvalue weighted by Gasteiger charge is -2.23. The van der Waals surface area contributed by atoms with Gasteiger partial charge in [-0.1, -0.05) is 137 Å². The van der Waals surface area contributed by atoms with Crippen LogP contribution in [0.2, 0.25) is 0 Å². The lowest BCUT2D eigenvalue weighted by Crippen LogP contribution is -2.55. The molecule has 0 fully saturated rings. The minimum absolute atomic E-state index is 0.210. The molecule has 0 nitrogen and oxygen atoms in total. The second-order valence-corrected chi connectivity index (χ2v) is 19.7. The zero-order valence-electron chi connectivity index (χ0n) is 35.9. The Morgan fingerprint density at radius 2 is 0.582 bits per heavy atom. The van der Waals surface area contributed by atoms with Crippen molar-refractivity contribution in [1.82, 2.24) is 0 Å². The van der Waals surface area contributed by atoms with Crippen molar-refractivity contribution in [2.24, 2.45) is 0 Å². The first kappa shape index (κ1) is 39.4. The predicted octanol–water partition coefficient (Wildman–Crippen LogP) is 10.3. The number of allylic oxidation sites excluding steroid dienone is 2. The lowest BCUT2D eigenvalue weighted by molar-refractivity contribution is 0.941. The molecule has 2 aromatic heterocycles. The molecule has 0 unspecified atom stereocenters. The van der Waals surface area contributed by atoms with Gasteiger partial charge < -0.3 is 0 Å². The molecule has 0 N–H and O–H groups in total. The van der Waals surface area contributed by atoms with E-state index in [1.165, 1.54) is 125 Å². The predicted molar refractivity (Wildman–Crippen MR) is 251 cm³/mol. The molecule has 2 heterocycles. The van der Waals surface area contributed by atoms with Gasteiger partial charge in [0, 0.05) is 9.75 Å². The summed E-state index contributed by atoms with van der Waals surface area (Å²) in [5.41, 5.74) is 28.5. The molecule has 0 atom stereocenters. The van der Waals surface area contributed by atoms with Gasteiger partial charge in [-0.2, -0.15) is 22.7 Å². The van der Waals surface area contributed by atoms with E-state index in [0.717, 1.165) is 12.8 Å². The zero-order chi connectivity index (χ0) is 39.6. The standard InChI is InChI=1S/C51H58B2S2/c1-28-18-32(5)48(33(6)19-28)52(49-34(7)20-29(2)21-35(49)8)46-26-44(40(13)54-46)42-16-15-17-43(42)45-27-47(55-41(45)14)53(50-36(9)22-30(3)23-37(50)10)51-38(11)24-31(4)25-39(51)12/h18-27H,15-17H2,1-14H3. The first-order valence-corrected chi connectivity index (χ1v) is 21.9. The second kappa shape index (κ2) is 15.2. The van der Waals surface area contributed by atoms with Crippen molar-refractivity contribution in [2.45, 2.75) is 116 Å². The van der Waals surface area contributed by atoms with Crippen LogP contribution in [-0.4, -0.2) is 13.4 Å². The molecule has 55 heavy (non-hydrogen) atoms. The van der Waals surface area contributed by atoms with E-state index in [4.69, 9.17) is 0 Å². The molecule has 0 saturated carbocycles. The van der Waals surface area contributed by atoms with Crippen molar-refractivity contribution in [3.8, 4) is 0 Å². The van der Waals surface area contributed by atoms with Crippen LogP contribution in [0, 0.1) is 96.9 Å². The van der Waals surface area contributed by atoms with Crippen LogP contribution in [0.4, 0.5) is 0 Å². The van der Waals surface area contributed by atoms with Crippen LogP contribution in [0.1, 0.15) is 107 Å². The molecule has 0 bridgehead atoms. The van der Waals surface area contributed by atoms with E-state index in [2.05, 4.69) is 158 Å². The number of thiophene rings is 2. The highest BCUT2D eigenvalue weighted by Crippen LogP contribution is 2.43. The third-order valence-corrected chi connectivity index (χ3v) is 14.6. The quantitative estimate of drug-likeness (QED) is 0.136. The normalized spacial score (nSPS) is 13.0. The molecule has 0 amide bonds. The maximum Gasteiger partial charge on any atom is 0.255 e. The Hall–Kier alpha value is -3.85. The molecular formula is C51H58B2S2. The third kappa shape index (κ3) is 7.31. The summed E-state index contributed by atoms with van der Waals surface area (Å²) in [6.45, 7) is 32.7. The molecule has 1 aliphatic carbocycles. The monoisotopic (exact) mass is 756 g/mol. The summed E-state index contributed by atoms with van der Waals surface area (Å²) < 4.78 is 2.93. The van der Waals surface area contributed by atoms with Crippen molar-refractivity contribution in [2.75, 3.05) is 0 Å². The summed E-state index contributed by atoms with van der Waals surface area (Å²) in [6, 6.07) is 24.3. The summed E-state index contributed by atoms with van der Waals surface area (Å²) in [5.74, 6) is 0. The molecule has 0 aliphatic heterocycles. The van der Waals surface area contributed by atoms with Crippen LogP contribution in [0.3, 0.4) is 0 Å². The van der Waals surface area contributed by atoms with E-state index >= 15 is 0 Å². The topological polar surface area (TPSA) is 0 Å². The third-order valence-electron chi connectivity index (χ3n) is 12.4. The molecule has 4 heteroatoms. The fourth-order valence-electron chi connectivity index (χ4n) is 10.7. The molecule has 280 valence electrons. The first-order chi connectivity index (χ1) is 26.0. The maximum atomic E-state index is 2.60. The van der Waals surface area contributed by atoms with Crippen molar-refractivity contribution in [3.63, 3.8) is 0 Å². The summed E-state index contributed by atoms with van der Waals surface area (Å²) in [7, 11) is 0. The van der Waals surface area contributed by atoms with Crippen molar-refractivity contribution in [3.05, 3.63) is 148 Å². The van der Waals surface area contributed by atoms with Crippen LogP contribution in [-0.2, 0) is 0 Å². The van der Waals surface area contributed by atoms with E-state index in [0.29, 0.717) is 0 Å². The van der Waals surface area contributed by atoms with Crippen molar-refractivity contribution >= 4 is 78.6 Å². The first-order valence-electron chi connectivity index (χ1n) is 20.3. The number of aryl methyl sites for hydroxylation is 14. The average molecular weight is 757 g/mol. The molecule has 0 spiro atoms. The van der Waals surface area contributed by atoms with Crippen LogP contribution < -0.4 is 31.4 Å². The minimum atomic E-state index is 0.210. The Morgan fingerprint density at radius 3 is 0.818 bits per heavy atom. The Balaban J connectivity index is 1.40. The van der Waals surface area contributed by atoms with Crippen LogP contribution in [0.5, 0.6) is 0 Å². The molecule has 7 rings (SSSR count). The Labute approximate surface area is 341 Å². The molecule has 6 aromatic rings. The molecule has 0 saturated heterocycles. The summed E-state index contributed by atoms with van der Waals surface area (Å²) in [6.07, 6.45) is 3.50. The van der Waals surface area contributed by atoms with Crippen LogP contribution in [0.15, 0.2) is 60.7 Å². The Kier molecular flexibility index (Phi) is 10.9. The highest BCUT2D eigenvalue weighted by molar-refractivity contribution is 7.28. The highest BCUT2D eigenvalue weighted by Gasteiger charge is 2.34. The molecule has 4 aromatic carbocycles. The number of hydrogen-bond donors (Lipinski definition) is 0. The lowest BCUT2D eigenvalue weighted by atomic mass is 9.36. The van der Waals surface area contributed by atoms with Crippen molar-refractivity contribution < 1.29 is 0 Å². The molecular weight excluding hydrogens is 698 g/mol. The number of rotatable bonds is 8. The Morgan fingerprint density at radius 1 is 0.345 bits per heavy atom. The number of hydrogen-bond acceptors (Lipinski definition) is 2. The van der Waals surface area contributed by atoms with Gasteiger partial charge in [-0.15, -0.1) is 0 Å². The maximum absolute atomic E-state index is 2.60. The van der Waals surface area contributed by atoms with Gasteiger partial charge in [0.1, 0.15) is 0 Å². The van der Waals surface area contributed by atoms with E-state index < -0.39 is 0 Å². The number of benzene rings is 4. The Bertz CT molecular complexity index is 2140. The molecule has 1 aliphatic rings. The van der Waals surface area contributed by atoms with Gasteiger partial charge >= 0.3 is 0 Å².